The number of ether oxygens (including phenoxy) is 2. The van der Waals surface area contributed by atoms with Crippen LogP contribution in [0.4, 0.5) is 13.2 Å². The van der Waals surface area contributed by atoms with Crippen LogP contribution in [0.2, 0.25) is 0 Å². The summed E-state index contributed by atoms with van der Waals surface area (Å²) in [6.45, 7) is 10.6. The number of rotatable bonds is 10. The maximum Gasteiger partial charge on any atom is 0.417 e. The molecule has 1 atom stereocenters. The largest absolute Gasteiger partial charge is 0.487 e. The molecule has 0 saturated heterocycles. The van der Waals surface area contributed by atoms with Crippen molar-refractivity contribution in [3.05, 3.63) is 101 Å². The first kappa shape index (κ1) is 34.0. The van der Waals surface area contributed by atoms with Gasteiger partial charge in [0.1, 0.15) is 18.3 Å². The van der Waals surface area contributed by atoms with Gasteiger partial charge in [-0.1, -0.05) is 45.0 Å². The number of alkyl halides is 3. The predicted molar refractivity (Wildman–Crippen MR) is 177 cm³/mol. The molecule has 0 fully saturated rings. The third kappa shape index (κ3) is 8.13. The number of carbonyl (C=O) groups excluding carboxylic acids is 1. The van der Waals surface area contributed by atoms with Crippen molar-refractivity contribution >= 4 is 28.6 Å². The molecular weight excluding hydrogens is 625 g/mol. The zero-order valence-electron chi connectivity index (χ0n) is 27.2. The molecule has 0 saturated carbocycles. The van der Waals surface area contributed by atoms with Crippen LogP contribution in [0.25, 0.3) is 22.2 Å². The number of benzene rings is 2. The average molecular weight is 663 g/mol. The van der Waals surface area contributed by atoms with Crippen molar-refractivity contribution in [1.82, 2.24) is 19.5 Å². The van der Waals surface area contributed by atoms with E-state index in [9.17, 15) is 18.0 Å². The number of carbonyl (C=O) groups is 1. The lowest BCUT2D eigenvalue weighted by Gasteiger charge is -2.23. The minimum atomic E-state index is -4.45. The van der Waals surface area contributed by atoms with Gasteiger partial charge in [-0.15, -0.1) is 11.8 Å². The second kappa shape index (κ2) is 13.8. The number of thioether (sulfide) groups is 1. The van der Waals surface area contributed by atoms with Gasteiger partial charge in [0, 0.05) is 51.2 Å². The molecule has 0 amide bonds. The summed E-state index contributed by atoms with van der Waals surface area (Å²) >= 11 is 1.68. The van der Waals surface area contributed by atoms with Gasteiger partial charge in [-0.3, -0.25) is 19.7 Å². The Morgan fingerprint density at radius 3 is 2.30 bits per heavy atom. The number of halogens is 3. The van der Waals surface area contributed by atoms with E-state index in [0.29, 0.717) is 23.4 Å². The molecule has 11 heteroatoms. The first-order valence-corrected chi connectivity index (χ1v) is 16.1. The van der Waals surface area contributed by atoms with Crippen molar-refractivity contribution in [3.8, 4) is 17.0 Å². The summed E-state index contributed by atoms with van der Waals surface area (Å²) in [6.07, 6.45) is 0.150. The number of aryl methyl sites for hydroxylation is 2. The topological polar surface area (TPSA) is 79.1 Å². The van der Waals surface area contributed by atoms with Gasteiger partial charge in [-0.25, -0.2) is 0 Å². The Hall–Kier alpha value is -4.38. The van der Waals surface area contributed by atoms with Crippen molar-refractivity contribution < 1.29 is 27.4 Å². The SMILES string of the molecule is CCOC(=O)C(Cc1ccc(-c2ccc(C(F)(F)F)cn2)cc1)c1c(SC(C)(C)C)c2cc(OCc3cnc(C)cn3)ccc2n1C. The van der Waals surface area contributed by atoms with Crippen molar-refractivity contribution in [3.63, 3.8) is 0 Å². The fourth-order valence-corrected chi connectivity index (χ4v) is 6.54. The van der Waals surface area contributed by atoms with Crippen molar-refractivity contribution in [2.75, 3.05) is 6.61 Å². The van der Waals surface area contributed by atoms with Gasteiger partial charge in [0.15, 0.2) is 0 Å². The molecular formula is C36H37F3N4O3S. The van der Waals surface area contributed by atoms with Gasteiger partial charge in [0.25, 0.3) is 0 Å². The Kier molecular flexibility index (Phi) is 9.95. The molecule has 3 heterocycles. The van der Waals surface area contributed by atoms with Crippen LogP contribution in [0.5, 0.6) is 5.75 Å². The highest BCUT2D eigenvalue weighted by molar-refractivity contribution is 8.00. The normalized spacial score (nSPS) is 12.7. The van der Waals surface area contributed by atoms with E-state index in [1.165, 1.54) is 6.07 Å². The molecule has 2 aromatic carbocycles. The number of aromatic nitrogens is 4. The Labute approximate surface area is 276 Å². The molecule has 7 nitrogen and oxygen atoms in total. The first-order valence-electron chi connectivity index (χ1n) is 15.2. The molecule has 5 rings (SSSR count). The van der Waals surface area contributed by atoms with Gasteiger partial charge >= 0.3 is 12.1 Å². The van der Waals surface area contributed by atoms with Crippen molar-refractivity contribution in [2.24, 2.45) is 7.05 Å². The molecule has 1 unspecified atom stereocenters. The van der Waals surface area contributed by atoms with Crippen LogP contribution in [0, 0.1) is 6.92 Å². The van der Waals surface area contributed by atoms with Crippen LogP contribution in [0.3, 0.4) is 0 Å². The number of fused-ring (bicyclic) bond motifs is 1. The zero-order chi connectivity index (χ0) is 33.9. The number of nitrogens with zero attached hydrogens (tertiary/aromatic N) is 4. The average Bonchev–Trinajstić information content (AvgIpc) is 3.28. The predicted octanol–water partition coefficient (Wildman–Crippen LogP) is 8.72. The third-order valence-electron chi connectivity index (χ3n) is 7.48. The van der Waals surface area contributed by atoms with E-state index in [0.717, 1.165) is 50.7 Å². The summed E-state index contributed by atoms with van der Waals surface area (Å²) in [7, 11) is 1.96. The number of esters is 1. The van der Waals surface area contributed by atoms with E-state index >= 15 is 0 Å². The van der Waals surface area contributed by atoms with Crippen LogP contribution >= 0.6 is 11.8 Å². The van der Waals surface area contributed by atoms with E-state index < -0.39 is 17.7 Å². The zero-order valence-corrected chi connectivity index (χ0v) is 28.0. The van der Waals surface area contributed by atoms with E-state index in [2.05, 4.69) is 40.3 Å². The fraction of sp³-hybridized carbons (Fsp3) is 0.333. The van der Waals surface area contributed by atoms with Gasteiger partial charge in [0.2, 0.25) is 0 Å². The Bertz CT molecular complexity index is 1850. The fourth-order valence-electron chi connectivity index (χ4n) is 5.27. The second-order valence-corrected chi connectivity index (χ2v) is 14.1. The lowest BCUT2D eigenvalue weighted by atomic mass is 9.94. The van der Waals surface area contributed by atoms with Crippen LogP contribution in [-0.2, 0) is 35.8 Å². The lowest BCUT2D eigenvalue weighted by Crippen LogP contribution is -2.22. The quantitative estimate of drug-likeness (QED) is 0.109. The van der Waals surface area contributed by atoms with Gasteiger partial charge in [-0.05, 0) is 56.2 Å². The number of hydrogen-bond donors (Lipinski definition) is 0. The highest BCUT2D eigenvalue weighted by Gasteiger charge is 2.33. The van der Waals surface area contributed by atoms with Crippen LogP contribution in [-0.4, -0.2) is 36.8 Å². The maximum atomic E-state index is 13.7. The molecule has 0 aliphatic rings. The molecule has 3 aromatic heterocycles. The summed E-state index contributed by atoms with van der Waals surface area (Å²) in [5.41, 5.74) is 4.52. The molecule has 0 spiro atoms. The first-order chi connectivity index (χ1) is 22.2. The molecule has 47 heavy (non-hydrogen) atoms. The summed E-state index contributed by atoms with van der Waals surface area (Å²) in [5, 5.41) is 0.966. The number of hydrogen-bond acceptors (Lipinski definition) is 7. The van der Waals surface area contributed by atoms with Crippen molar-refractivity contribution in [1.29, 1.82) is 0 Å². The van der Waals surface area contributed by atoms with Gasteiger partial charge in [0.05, 0.1) is 35.4 Å². The summed E-state index contributed by atoms with van der Waals surface area (Å²) < 4.78 is 52.6. The van der Waals surface area contributed by atoms with E-state index in [1.807, 2.05) is 56.4 Å². The molecule has 0 aliphatic carbocycles. The summed E-state index contributed by atoms with van der Waals surface area (Å²) in [4.78, 5) is 27.3. The van der Waals surface area contributed by atoms with E-state index in [-0.39, 0.29) is 23.9 Å². The summed E-state index contributed by atoms with van der Waals surface area (Å²) in [5.74, 6) is -0.288. The standard InChI is InChI=1S/C36H37F3N4O3S/c1-7-45-34(44)29(16-23-8-10-24(11-9-23)30-14-12-25(19-42-30)36(37,38)39)32-33(47-35(3,4)5)28-17-27(13-15-31(28)43(32)6)46-21-26-20-40-22(2)18-41-26/h8-15,17-20,29H,7,16,21H2,1-6H3. The Morgan fingerprint density at radius 1 is 0.957 bits per heavy atom. The monoisotopic (exact) mass is 662 g/mol. The Balaban J connectivity index is 1.50. The number of pyridine rings is 1. The smallest absolute Gasteiger partial charge is 0.417 e. The van der Waals surface area contributed by atoms with E-state index in [1.54, 1.807) is 31.1 Å². The summed E-state index contributed by atoms with van der Waals surface area (Å²) in [6, 6.07) is 15.7. The molecule has 246 valence electrons. The van der Waals surface area contributed by atoms with Gasteiger partial charge < -0.3 is 14.0 Å². The minimum absolute atomic E-state index is 0.174. The van der Waals surface area contributed by atoms with Crippen molar-refractivity contribution in [2.45, 2.75) is 69.4 Å². The van der Waals surface area contributed by atoms with E-state index in [4.69, 9.17) is 9.47 Å². The molecule has 0 N–H and O–H groups in total. The lowest BCUT2D eigenvalue weighted by molar-refractivity contribution is -0.145. The highest BCUT2D eigenvalue weighted by Crippen LogP contribution is 2.45. The van der Waals surface area contributed by atoms with Crippen LogP contribution in [0.15, 0.2) is 78.1 Å². The van der Waals surface area contributed by atoms with Crippen LogP contribution in [0.1, 0.15) is 61.8 Å². The molecule has 0 radical (unpaired) electrons. The second-order valence-electron chi connectivity index (χ2n) is 12.2. The molecule has 0 bridgehead atoms. The molecule has 0 aliphatic heterocycles. The van der Waals surface area contributed by atoms with Gasteiger partial charge in [-0.2, -0.15) is 13.2 Å². The Morgan fingerprint density at radius 2 is 1.70 bits per heavy atom. The third-order valence-corrected chi connectivity index (χ3v) is 8.72. The van der Waals surface area contributed by atoms with Crippen LogP contribution < -0.4 is 4.74 Å². The maximum absolute atomic E-state index is 13.7. The molecule has 5 aromatic rings. The minimum Gasteiger partial charge on any atom is -0.487 e. The highest BCUT2D eigenvalue weighted by atomic mass is 32.2.